The fourth-order valence-electron chi connectivity index (χ4n) is 7.17. The largest absolute Gasteiger partial charge is 0.496 e. The number of benzene rings is 4. The summed E-state index contributed by atoms with van der Waals surface area (Å²) in [5.41, 5.74) is -0.754. The Morgan fingerprint density at radius 1 is 0.656 bits per heavy atom. The fourth-order valence-corrected chi connectivity index (χ4v) is 7.56. The van der Waals surface area contributed by atoms with Gasteiger partial charge < -0.3 is 34.3 Å². The van der Waals surface area contributed by atoms with E-state index in [1.807, 2.05) is 27.7 Å². The van der Waals surface area contributed by atoms with E-state index in [1.165, 1.54) is 54.3 Å². The Labute approximate surface area is 357 Å². The van der Waals surface area contributed by atoms with Gasteiger partial charge in [-0.05, 0) is 64.4 Å². The van der Waals surface area contributed by atoms with Gasteiger partial charge in [0, 0.05) is 42.1 Å². The van der Waals surface area contributed by atoms with Gasteiger partial charge in [-0.1, -0.05) is 75.2 Å². The predicted octanol–water partition coefficient (Wildman–Crippen LogP) is 8.69. The topological polar surface area (TPSA) is 168 Å². The zero-order valence-electron chi connectivity index (χ0n) is 33.7. The molecular formula is C45H43Cl2F3N2O9. The molecule has 6 aromatic rings. The van der Waals surface area contributed by atoms with Crippen molar-refractivity contribution in [2.45, 2.75) is 52.6 Å². The van der Waals surface area contributed by atoms with E-state index in [9.17, 15) is 52.8 Å². The van der Waals surface area contributed by atoms with Gasteiger partial charge in [0.25, 0.3) is 0 Å². The molecule has 16 heteroatoms. The lowest BCUT2D eigenvalue weighted by atomic mass is 9.98. The average molecular weight is 884 g/mol. The standard InChI is InChI=1S/C23H23ClFNO5.C22H20ClF2NO4/c1-12(2)19(11-27)26-10-16(23(29)30)22(28)15-8-14(20(31-3)9-18(15)26)7-13-5-4-6-17(24)21(13)25;1-11(2)19(10-27)26-9-15(22(29)30)21(28)14-7-13(17(24)8-18(14)26)6-12-4-3-5-16(23)20(12)25/h4-6,8-10,12,19,27H,7,11H2,1-3H3,(H,29,30);3-5,7-9,11,19,27H,6,10H2,1-2H3,(H,29,30). The van der Waals surface area contributed by atoms with Gasteiger partial charge in [-0.3, -0.25) is 9.59 Å². The Bertz CT molecular complexity index is 2770. The monoisotopic (exact) mass is 882 g/mol. The lowest BCUT2D eigenvalue weighted by Crippen LogP contribution is -2.25. The second-order valence-electron chi connectivity index (χ2n) is 15.1. The van der Waals surface area contributed by atoms with E-state index < -0.39 is 63.5 Å². The molecule has 2 unspecified atom stereocenters. The van der Waals surface area contributed by atoms with Gasteiger partial charge in [0.1, 0.15) is 34.3 Å². The summed E-state index contributed by atoms with van der Waals surface area (Å²) in [4.78, 5) is 49.0. The van der Waals surface area contributed by atoms with Crippen molar-refractivity contribution in [3.63, 3.8) is 0 Å². The minimum absolute atomic E-state index is 0.0181. The maximum Gasteiger partial charge on any atom is 0.341 e. The third-order valence-electron chi connectivity index (χ3n) is 10.5. The van der Waals surface area contributed by atoms with Crippen LogP contribution in [0.15, 0.2) is 82.6 Å². The van der Waals surface area contributed by atoms with Gasteiger partial charge in [-0.2, -0.15) is 0 Å². The Morgan fingerprint density at radius 2 is 1.07 bits per heavy atom. The molecule has 0 spiro atoms. The Balaban J connectivity index is 0.000000231. The summed E-state index contributed by atoms with van der Waals surface area (Å²) >= 11 is 11.7. The fraction of sp³-hybridized carbons (Fsp3) is 0.289. The van der Waals surface area contributed by atoms with E-state index in [0.717, 1.165) is 12.3 Å². The normalized spacial score (nSPS) is 12.4. The maximum absolute atomic E-state index is 14.9. The van der Waals surface area contributed by atoms with Crippen LogP contribution in [-0.4, -0.2) is 61.8 Å². The van der Waals surface area contributed by atoms with E-state index in [1.54, 1.807) is 22.8 Å². The van der Waals surface area contributed by atoms with Crippen LogP contribution < -0.4 is 15.6 Å². The van der Waals surface area contributed by atoms with Crippen LogP contribution >= 0.6 is 23.2 Å². The number of aliphatic hydroxyl groups is 2. The van der Waals surface area contributed by atoms with Gasteiger partial charge in [0.15, 0.2) is 0 Å². The number of aromatic nitrogens is 2. The summed E-state index contributed by atoms with van der Waals surface area (Å²) in [6.07, 6.45) is 2.31. The first-order valence-electron chi connectivity index (χ1n) is 19.0. The zero-order chi connectivity index (χ0) is 45.0. The van der Waals surface area contributed by atoms with E-state index in [0.29, 0.717) is 22.4 Å². The van der Waals surface area contributed by atoms with Gasteiger partial charge in [-0.25, -0.2) is 22.8 Å². The zero-order valence-corrected chi connectivity index (χ0v) is 35.2. The molecule has 0 aliphatic rings. The SMILES string of the molecule is CC(C)C(CO)n1cc(C(=O)O)c(=O)c2cc(Cc3cccc(Cl)c3F)c(F)cc21.COc1cc2c(cc1Cc1cccc(Cl)c1F)c(=O)c(C(=O)O)cn2C(CO)C(C)C. The van der Waals surface area contributed by atoms with Crippen molar-refractivity contribution in [2.75, 3.05) is 20.3 Å². The first-order chi connectivity index (χ1) is 28.8. The minimum atomic E-state index is -1.43. The number of carboxylic acids is 2. The molecule has 0 aliphatic carbocycles. The number of fused-ring (bicyclic) bond motifs is 2. The second kappa shape index (κ2) is 19.4. The molecule has 2 aromatic heterocycles. The van der Waals surface area contributed by atoms with Crippen molar-refractivity contribution in [2.24, 2.45) is 11.8 Å². The highest BCUT2D eigenvalue weighted by atomic mass is 35.5. The Hall–Kier alpha value is -5.67. The number of carbonyl (C=O) groups is 2. The number of rotatable bonds is 13. The summed E-state index contributed by atoms with van der Waals surface area (Å²) in [5, 5.41) is 38.7. The van der Waals surface area contributed by atoms with Crippen LogP contribution in [0.4, 0.5) is 13.2 Å². The Kier molecular flexibility index (Phi) is 14.7. The predicted molar refractivity (Wildman–Crippen MR) is 227 cm³/mol. The van der Waals surface area contributed by atoms with Crippen molar-refractivity contribution in [3.05, 3.63) is 154 Å². The molecule has 11 nitrogen and oxygen atoms in total. The first-order valence-corrected chi connectivity index (χ1v) is 19.8. The average Bonchev–Trinajstić information content (AvgIpc) is 3.20. The highest BCUT2D eigenvalue weighted by Crippen LogP contribution is 2.32. The number of methoxy groups -OCH3 is 1. The lowest BCUT2D eigenvalue weighted by molar-refractivity contribution is 0.0683. The van der Waals surface area contributed by atoms with Crippen molar-refractivity contribution in [1.82, 2.24) is 9.13 Å². The van der Waals surface area contributed by atoms with Crippen LogP contribution in [0, 0.1) is 29.3 Å². The van der Waals surface area contributed by atoms with Crippen molar-refractivity contribution >= 4 is 56.9 Å². The van der Waals surface area contributed by atoms with Gasteiger partial charge >= 0.3 is 11.9 Å². The molecule has 0 radical (unpaired) electrons. The number of aromatic carboxylic acids is 2. The van der Waals surface area contributed by atoms with E-state index in [2.05, 4.69) is 0 Å². The minimum Gasteiger partial charge on any atom is -0.496 e. The number of pyridine rings is 2. The molecule has 2 heterocycles. The third kappa shape index (κ3) is 9.62. The maximum atomic E-state index is 14.9. The highest BCUT2D eigenvalue weighted by molar-refractivity contribution is 6.31. The number of nitrogens with zero attached hydrogens (tertiary/aromatic N) is 2. The number of hydrogen-bond donors (Lipinski definition) is 4. The molecule has 6 rings (SSSR count). The highest BCUT2D eigenvalue weighted by Gasteiger charge is 2.25. The molecule has 0 amide bonds. The van der Waals surface area contributed by atoms with Gasteiger partial charge in [0.2, 0.25) is 10.9 Å². The van der Waals surface area contributed by atoms with Crippen LogP contribution in [-0.2, 0) is 12.8 Å². The van der Waals surface area contributed by atoms with Crippen molar-refractivity contribution in [1.29, 1.82) is 0 Å². The number of halogens is 5. The molecule has 0 aliphatic heterocycles. The first kappa shape index (κ1) is 46.4. The number of aliphatic hydroxyl groups excluding tert-OH is 2. The van der Waals surface area contributed by atoms with Crippen LogP contribution in [0.1, 0.15) is 82.7 Å². The van der Waals surface area contributed by atoms with Gasteiger partial charge in [-0.15, -0.1) is 0 Å². The Morgan fingerprint density at radius 3 is 1.46 bits per heavy atom. The molecule has 2 atom stereocenters. The molecule has 322 valence electrons. The number of carboxylic acid groups (broad SMARTS) is 2. The molecule has 0 saturated carbocycles. The molecule has 0 saturated heterocycles. The lowest BCUT2D eigenvalue weighted by Gasteiger charge is -2.25. The third-order valence-corrected chi connectivity index (χ3v) is 11.1. The van der Waals surface area contributed by atoms with Crippen LogP contribution in [0.2, 0.25) is 10.0 Å². The van der Waals surface area contributed by atoms with E-state index in [4.69, 9.17) is 27.9 Å². The quantitative estimate of drug-likeness (QED) is 0.0887. The van der Waals surface area contributed by atoms with Crippen LogP contribution in [0.25, 0.3) is 21.8 Å². The van der Waals surface area contributed by atoms with Gasteiger partial charge in [0.05, 0.1) is 53.5 Å². The number of hydrogen-bond acceptors (Lipinski definition) is 7. The number of ether oxygens (including phenoxy) is 1. The molecule has 4 N–H and O–H groups in total. The summed E-state index contributed by atoms with van der Waals surface area (Å²) in [7, 11) is 1.46. The summed E-state index contributed by atoms with van der Waals surface area (Å²) in [6.45, 7) is 6.84. The summed E-state index contributed by atoms with van der Waals surface area (Å²) in [5.74, 6) is -4.47. The second-order valence-corrected chi connectivity index (χ2v) is 15.9. The molecular weight excluding hydrogens is 840 g/mol. The smallest absolute Gasteiger partial charge is 0.341 e. The van der Waals surface area contributed by atoms with Crippen molar-refractivity contribution < 1.29 is 47.9 Å². The molecule has 4 aromatic carbocycles. The van der Waals surface area contributed by atoms with Crippen LogP contribution in [0.3, 0.4) is 0 Å². The molecule has 0 fully saturated rings. The summed E-state index contributed by atoms with van der Waals surface area (Å²) in [6, 6.07) is 13.5. The summed E-state index contributed by atoms with van der Waals surface area (Å²) < 4.78 is 52.1. The van der Waals surface area contributed by atoms with Crippen molar-refractivity contribution in [3.8, 4) is 5.75 Å². The molecule has 0 bridgehead atoms. The van der Waals surface area contributed by atoms with E-state index >= 15 is 0 Å². The van der Waals surface area contributed by atoms with Crippen LogP contribution in [0.5, 0.6) is 5.75 Å². The molecule has 61 heavy (non-hydrogen) atoms. The van der Waals surface area contributed by atoms with E-state index in [-0.39, 0.29) is 75.4 Å².